The molecule has 2 fully saturated rings. The van der Waals surface area contributed by atoms with Gasteiger partial charge in [0.25, 0.3) is 0 Å². The van der Waals surface area contributed by atoms with Crippen LogP contribution in [0.25, 0.3) is 11.0 Å². The second-order valence-electron chi connectivity index (χ2n) is 6.28. The fourth-order valence-electron chi connectivity index (χ4n) is 3.48. The number of benzene rings is 1. The van der Waals surface area contributed by atoms with E-state index in [9.17, 15) is 15.0 Å². The smallest absolute Gasteiger partial charge is 0.336 e. The molecule has 0 saturated carbocycles. The summed E-state index contributed by atoms with van der Waals surface area (Å²) in [6.45, 7) is 3.44. The van der Waals surface area contributed by atoms with Crippen molar-refractivity contribution in [3.8, 4) is 11.5 Å². The molecule has 0 radical (unpaired) electrons. The highest BCUT2D eigenvalue weighted by molar-refractivity contribution is 5.87. The van der Waals surface area contributed by atoms with Gasteiger partial charge in [0.2, 0.25) is 5.75 Å². The summed E-state index contributed by atoms with van der Waals surface area (Å²) in [4.78, 5) is 14.0. The van der Waals surface area contributed by atoms with Gasteiger partial charge in [-0.15, -0.1) is 0 Å². The fraction of sp³-hybridized carbons (Fsp3) is 0.471. The van der Waals surface area contributed by atoms with E-state index in [1.807, 2.05) is 0 Å². The second kappa shape index (κ2) is 5.77. The molecule has 3 heterocycles. The van der Waals surface area contributed by atoms with E-state index in [2.05, 4.69) is 4.90 Å². The molecule has 2 aliphatic heterocycles. The first kappa shape index (κ1) is 15.4. The van der Waals surface area contributed by atoms with Gasteiger partial charge in [0.15, 0.2) is 17.1 Å². The van der Waals surface area contributed by atoms with Gasteiger partial charge in [-0.2, -0.15) is 0 Å². The van der Waals surface area contributed by atoms with Crippen molar-refractivity contribution >= 4 is 11.0 Å². The number of rotatable bonds is 2. The lowest BCUT2D eigenvalue weighted by atomic mass is 10.0. The molecular formula is C17H19NO6. The Morgan fingerprint density at radius 2 is 1.83 bits per heavy atom. The number of aromatic hydroxyl groups is 2. The molecule has 2 N–H and O–H groups in total. The van der Waals surface area contributed by atoms with Gasteiger partial charge >= 0.3 is 5.63 Å². The van der Waals surface area contributed by atoms with Gasteiger partial charge in [0.05, 0.1) is 13.2 Å². The third kappa shape index (κ3) is 2.64. The summed E-state index contributed by atoms with van der Waals surface area (Å²) in [5.41, 5.74) is 0.239. The summed E-state index contributed by atoms with van der Waals surface area (Å²) in [6.07, 6.45) is 1.58. The maximum absolute atomic E-state index is 11.8. The van der Waals surface area contributed by atoms with E-state index < -0.39 is 17.2 Å². The normalized spacial score (nSPS) is 20.8. The van der Waals surface area contributed by atoms with Gasteiger partial charge in [-0.05, 0) is 17.7 Å². The summed E-state index contributed by atoms with van der Waals surface area (Å²) in [6, 6.07) is 4.48. The number of piperidine rings is 1. The molecule has 7 heteroatoms. The Morgan fingerprint density at radius 1 is 1.12 bits per heavy atom. The lowest BCUT2D eigenvalue weighted by Gasteiger charge is -2.37. The minimum absolute atomic E-state index is 0.0217. The van der Waals surface area contributed by atoms with Crippen molar-refractivity contribution in [2.24, 2.45) is 0 Å². The van der Waals surface area contributed by atoms with E-state index in [1.54, 1.807) is 6.07 Å². The first-order valence-electron chi connectivity index (χ1n) is 8.04. The van der Waals surface area contributed by atoms with Crippen molar-refractivity contribution in [3.05, 3.63) is 34.2 Å². The largest absolute Gasteiger partial charge is 0.504 e. The summed E-state index contributed by atoms with van der Waals surface area (Å²) < 4.78 is 16.5. The Kier molecular flexibility index (Phi) is 3.71. The van der Waals surface area contributed by atoms with Crippen LogP contribution < -0.4 is 5.63 Å². The van der Waals surface area contributed by atoms with Crippen LogP contribution >= 0.6 is 0 Å². The van der Waals surface area contributed by atoms with Crippen LogP contribution in [0.2, 0.25) is 0 Å². The van der Waals surface area contributed by atoms with Gasteiger partial charge < -0.3 is 24.1 Å². The first-order valence-corrected chi connectivity index (χ1v) is 8.04. The van der Waals surface area contributed by atoms with Gasteiger partial charge in [-0.25, -0.2) is 4.79 Å². The zero-order valence-electron chi connectivity index (χ0n) is 13.2. The Labute approximate surface area is 138 Å². The zero-order chi connectivity index (χ0) is 16.7. The molecule has 2 aliphatic rings. The average Bonchev–Trinajstić information content (AvgIpc) is 3.02. The predicted molar refractivity (Wildman–Crippen MR) is 85.0 cm³/mol. The number of ether oxygens (including phenoxy) is 2. The molecule has 1 spiro atoms. The number of nitrogens with zero attached hydrogens (tertiary/aromatic N) is 1. The first-order chi connectivity index (χ1) is 11.6. The minimum Gasteiger partial charge on any atom is -0.504 e. The molecule has 4 rings (SSSR count). The average molecular weight is 333 g/mol. The van der Waals surface area contributed by atoms with Crippen LogP contribution in [0.1, 0.15) is 18.4 Å². The maximum atomic E-state index is 11.8. The van der Waals surface area contributed by atoms with E-state index in [-0.39, 0.29) is 11.3 Å². The highest BCUT2D eigenvalue weighted by atomic mass is 16.7. The summed E-state index contributed by atoms with van der Waals surface area (Å²) in [5, 5.41) is 20.1. The summed E-state index contributed by atoms with van der Waals surface area (Å²) >= 11 is 0. The van der Waals surface area contributed by atoms with Crippen LogP contribution in [-0.2, 0) is 16.0 Å². The summed E-state index contributed by atoms with van der Waals surface area (Å²) in [7, 11) is 0. The van der Waals surface area contributed by atoms with Crippen molar-refractivity contribution in [2.75, 3.05) is 26.3 Å². The molecule has 0 bridgehead atoms. The molecule has 0 atom stereocenters. The Morgan fingerprint density at radius 3 is 2.54 bits per heavy atom. The number of hydrogen-bond acceptors (Lipinski definition) is 7. The van der Waals surface area contributed by atoms with Crippen molar-refractivity contribution in [1.29, 1.82) is 0 Å². The number of hydrogen-bond donors (Lipinski definition) is 2. The quantitative estimate of drug-likeness (QED) is 0.636. The monoisotopic (exact) mass is 333 g/mol. The molecule has 0 unspecified atom stereocenters. The molecule has 0 amide bonds. The van der Waals surface area contributed by atoms with Crippen molar-refractivity contribution in [1.82, 2.24) is 4.90 Å². The molecule has 2 aromatic rings. The molecule has 7 nitrogen and oxygen atoms in total. The Balaban J connectivity index is 1.59. The van der Waals surface area contributed by atoms with E-state index in [0.29, 0.717) is 25.1 Å². The molecule has 1 aromatic carbocycles. The summed E-state index contributed by atoms with van der Waals surface area (Å²) in [5.74, 6) is -1.15. The van der Waals surface area contributed by atoms with Crippen LogP contribution in [0.15, 0.2) is 27.4 Å². The highest BCUT2D eigenvalue weighted by Crippen LogP contribution is 2.35. The SMILES string of the molecule is O=c1cc(CN2CCC3(CC2)OCCO3)c2ccc(O)c(O)c2o1. The van der Waals surface area contributed by atoms with Crippen molar-refractivity contribution in [2.45, 2.75) is 25.2 Å². The predicted octanol–water partition coefficient (Wildman–Crippen LogP) is 1.54. The van der Waals surface area contributed by atoms with E-state index >= 15 is 0 Å². The number of phenolic OH excluding ortho intramolecular Hbond substituents is 2. The van der Waals surface area contributed by atoms with Crippen LogP contribution in [0.5, 0.6) is 11.5 Å². The molecule has 1 aromatic heterocycles. The van der Waals surface area contributed by atoms with E-state index in [4.69, 9.17) is 13.9 Å². The fourth-order valence-corrected chi connectivity index (χ4v) is 3.48. The zero-order valence-corrected chi connectivity index (χ0v) is 13.2. The molecular weight excluding hydrogens is 314 g/mol. The van der Waals surface area contributed by atoms with Gasteiger partial charge in [0.1, 0.15) is 0 Å². The lowest BCUT2D eigenvalue weighted by Crippen LogP contribution is -2.44. The molecule has 0 aliphatic carbocycles. The van der Waals surface area contributed by atoms with Gasteiger partial charge in [-0.1, -0.05) is 0 Å². The minimum atomic E-state index is -0.547. The topological polar surface area (TPSA) is 92.4 Å². The second-order valence-corrected chi connectivity index (χ2v) is 6.28. The number of fused-ring (bicyclic) bond motifs is 1. The van der Waals surface area contributed by atoms with E-state index in [1.165, 1.54) is 12.1 Å². The number of phenols is 2. The maximum Gasteiger partial charge on any atom is 0.336 e. The van der Waals surface area contributed by atoms with E-state index in [0.717, 1.165) is 31.5 Å². The third-order valence-electron chi connectivity index (χ3n) is 4.78. The highest BCUT2D eigenvalue weighted by Gasteiger charge is 2.39. The Bertz CT molecular complexity index is 814. The van der Waals surface area contributed by atoms with Crippen LogP contribution in [0.4, 0.5) is 0 Å². The lowest BCUT2D eigenvalue weighted by molar-refractivity contribution is -0.185. The van der Waals surface area contributed by atoms with Crippen LogP contribution in [-0.4, -0.2) is 47.2 Å². The van der Waals surface area contributed by atoms with Crippen LogP contribution in [0.3, 0.4) is 0 Å². The Hall–Kier alpha value is -2.09. The van der Waals surface area contributed by atoms with Crippen LogP contribution in [0, 0.1) is 0 Å². The van der Waals surface area contributed by atoms with Gasteiger partial charge in [0, 0.05) is 43.9 Å². The standard InChI is InChI=1S/C17H19NO6/c19-13-2-1-12-11(9-14(20)24-16(12)15(13)21)10-18-5-3-17(4-6-18)22-7-8-23-17/h1-2,9,19,21H,3-8,10H2. The van der Waals surface area contributed by atoms with Crippen molar-refractivity contribution < 1.29 is 24.1 Å². The number of likely N-dealkylation sites (tertiary alicyclic amines) is 1. The van der Waals surface area contributed by atoms with Crippen molar-refractivity contribution in [3.63, 3.8) is 0 Å². The molecule has 2 saturated heterocycles. The molecule has 128 valence electrons. The van der Waals surface area contributed by atoms with Gasteiger partial charge in [-0.3, -0.25) is 4.90 Å². The third-order valence-corrected chi connectivity index (χ3v) is 4.78. The molecule has 24 heavy (non-hydrogen) atoms.